The lowest BCUT2D eigenvalue weighted by Crippen LogP contribution is -2.29. The van der Waals surface area contributed by atoms with Gasteiger partial charge in [0.15, 0.2) is 0 Å². The monoisotopic (exact) mass is 388 g/mol. The zero-order valence-corrected chi connectivity index (χ0v) is 15.0. The molecular weight excluding hydrogens is 375 g/mol. The van der Waals surface area contributed by atoms with E-state index >= 15 is 0 Å². The van der Waals surface area contributed by atoms with Gasteiger partial charge in [-0.25, -0.2) is 4.68 Å². The summed E-state index contributed by atoms with van der Waals surface area (Å²) in [5.41, 5.74) is 1.82. The van der Waals surface area contributed by atoms with Crippen molar-refractivity contribution < 1.29 is 9.53 Å². The molecule has 1 aliphatic rings. The third-order valence-electron chi connectivity index (χ3n) is 4.17. The van der Waals surface area contributed by atoms with Crippen molar-refractivity contribution in [2.24, 2.45) is 0 Å². The Bertz CT molecular complexity index is 956. The van der Waals surface area contributed by atoms with Gasteiger partial charge in [0.05, 0.1) is 12.5 Å². The lowest BCUT2D eigenvalue weighted by Gasteiger charge is -2.23. The molecule has 132 valence electrons. The number of benzene rings is 2. The molecule has 1 atom stereocenters. The first-order valence-corrected chi connectivity index (χ1v) is 8.72. The first kappa shape index (κ1) is 16.9. The Hall–Kier alpha value is -2.57. The van der Waals surface area contributed by atoms with E-state index in [1.807, 2.05) is 30.3 Å². The molecule has 4 rings (SSSR count). The molecule has 8 heteroatoms. The van der Waals surface area contributed by atoms with Crippen molar-refractivity contribution in [3.63, 3.8) is 0 Å². The quantitative estimate of drug-likeness (QED) is 0.730. The van der Waals surface area contributed by atoms with Crippen molar-refractivity contribution in [3.8, 4) is 5.75 Å². The molecule has 0 aliphatic carbocycles. The van der Waals surface area contributed by atoms with Crippen LogP contribution in [0.2, 0.25) is 10.0 Å². The highest BCUT2D eigenvalue weighted by molar-refractivity contribution is 6.35. The summed E-state index contributed by atoms with van der Waals surface area (Å²) in [5.74, 6) is 1.09. The zero-order chi connectivity index (χ0) is 18.1. The van der Waals surface area contributed by atoms with Gasteiger partial charge in [-0.15, -0.1) is 0 Å². The number of hydrogen-bond donors (Lipinski definition) is 1. The molecular formula is C18H14Cl2N4O2. The number of anilines is 1. The average molecular weight is 389 g/mol. The fraction of sp³-hybridized carbons (Fsp3) is 0.167. The molecule has 3 aromatic rings. The topological polar surface area (TPSA) is 69.0 Å². The lowest BCUT2D eigenvalue weighted by atomic mass is 10.0. The van der Waals surface area contributed by atoms with Crippen LogP contribution in [0.4, 0.5) is 5.95 Å². The van der Waals surface area contributed by atoms with Crippen LogP contribution in [-0.2, 0) is 11.4 Å². The van der Waals surface area contributed by atoms with Crippen molar-refractivity contribution in [1.82, 2.24) is 14.8 Å². The Labute approximate surface area is 159 Å². The Balaban J connectivity index is 1.48. The molecule has 1 amide bonds. The molecule has 1 aliphatic heterocycles. The molecule has 2 heterocycles. The number of carbonyl (C=O) groups is 1. The number of nitrogens with one attached hydrogen (secondary N) is 1. The number of aromatic nitrogens is 3. The maximum absolute atomic E-state index is 11.9. The second-order valence-corrected chi connectivity index (χ2v) is 6.73. The van der Waals surface area contributed by atoms with E-state index in [-0.39, 0.29) is 11.9 Å². The summed E-state index contributed by atoms with van der Waals surface area (Å²) in [7, 11) is 0. The Kier molecular flexibility index (Phi) is 4.53. The van der Waals surface area contributed by atoms with Gasteiger partial charge < -0.3 is 4.74 Å². The van der Waals surface area contributed by atoms with Crippen LogP contribution in [0.25, 0.3) is 0 Å². The number of fused-ring (bicyclic) bond motifs is 1. The van der Waals surface area contributed by atoms with E-state index in [2.05, 4.69) is 15.4 Å². The maximum atomic E-state index is 11.9. The van der Waals surface area contributed by atoms with Crippen molar-refractivity contribution in [2.75, 3.05) is 5.32 Å². The molecule has 2 aromatic carbocycles. The molecule has 0 unspecified atom stereocenters. The van der Waals surface area contributed by atoms with E-state index in [0.717, 1.165) is 11.1 Å². The van der Waals surface area contributed by atoms with E-state index in [9.17, 15) is 4.79 Å². The van der Waals surface area contributed by atoms with Crippen LogP contribution in [-0.4, -0.2) is 20.7 Å². The highest BCUT2D eigenvalue weighted by Gasteiger charge is 2.27. The standard InChI is InChI=1S/C18H14Cl2N4O2/c19-13-4-1-12(15(20)7-13)9-26-14-5-2-11(3-6-14)16-8-17(25)23-18-21-10-22-24(16)18/h1-7,10,16H,8-9H2,(H,21,22,23,25)/t16-/m1/s1. The Morgan fingerprint density at radius 2 is 2.00 bits per heavy atom. The van der Waals surface area contributed by atoms with Crippen LogP contribution in [0.15, 0.2) is 48.8 Å². The second-order valence-electron chi connectivity index (χ2n) is 5.89. The Morgan fingerprint density at radius 3 is 2.77 bits per heavy atom. The van der Waals surface area contributed by atoms with Crippen molar-refractivity contribution >= 4 is 35.1 Å². The summed E-state index contributed by atoms with van der Waals surface area (Å²) in [6.07, 6.45) is 1.75. The first-order valence-electron chi connectivity index (χ1n) is 7.96. The van der Waals surface area contributed by atoms with Crippen LogP contribution in [0.3, 0.4) is 0 Å². The molecule has 0 saturated carbocycles. The van der Waals surface area contributed by atoms with Gasteiger partial charge in [0.1, 0.15) is 18.7 Å². The van der Waals surface area contributed by atoms with Crippen molar-refractivity contribution in [1.29, 1.82) is 0 Å². The van der Waals surface area contributed by atoms with Crippen LogP contribution in [0.1, 0.15) is 23.6 Å². The number of rotatable bonds is 4. The molecule has 0 saturated heterocycles. The molecule has 1 N–H and O–H groups in total. The highest BCUT2D eigenvalue weighted by atomic mass is 35.5. The molecule has 6 nitrogen and oxygen atoms in total. The summed E-state index contributed by atoms with van der Waals surface area (Å²) in [4.78, 5) is 15.9. The van der Waals surface area contributed by atoms with Gasteiger partial charge in [0.2, 0.25) is 11.9 Å². The average Bonchev–Trinajstić information content (AvgIpc) is 3.09. The van der Waals surface area contributed by atoms with E-state index < -0.39 is 0 Å². The van der Waals surface area contributed by atoms with Gasteiger partial charge in [0, 0.05) is 15.6 Å². The van der Waals surface area contributed by atoms with Crippen molar-refractivity contribution in [3.05, 3.63) is 70.0 Å². The number of amides is 1. The van der Waals surface area contributed by atoms with Gasteiger partial charge in [0.25, 0.3) is 0 Å². The zero-order valence-electron chi connectivity index (χ0n) is 13.5. The van der Waals surface area contributed by atoms with Gasteiger partial charge in [-0.05, 0) is 29.8 Å². The van der Waals surface area contributed by atoms with E-state index in [1.54, 1.807) is 16.8 Å². The second kappa shape index (κ2) is 6.97. The number of hydrogen-bond acceptors (Lipinski definition) is 4. The summed E-state index contributed by atoms with van der Waals surface area (Å²) >= 11 is 12.1. The maximum Gasteiger partial charge on any atom is 0.229 e. The normalized spacial score (nSPS) is 16.1. The molecule has 0 spiro atoms. The molecule has 26 heavy (non-hydrogen) atoms. The lowest BCUT2D eigenvalue weighted by molar-refractivity contribution is -0.117. The van der Waals surface area contributed by atoms with E-state index in [1.165, 1.54) is 6.33 Å². The molecule has 0 fully saturated rings. The molecule has 0 radical (unpaired) electrons. The minimum atomic E-state index is -0.180. The fourth-order valence-electron chi connectivity index (χ4n) is 2.85. The summed E-state index contributed by atoms with van der Waals surface area (Å²) in [6.45, 7) is 0.342. The fourth-order valence-corrected chi connectivity index (χ4v) is 3.31. The third-order valence-corrected chi connectivity index (χ3v) is 4.76. The SMILES string of the molecule is O=C1C[C@H](c2ccc(OCc3ccc(Cl)cc3Cl)cc2)n2ncnc2N1. The van der Waals surface area contributed by atoms with Gasteiger partial charge in [-0.3, -0.25) is 10.1 Å². The number of ether oxygens (including phenoxy) is 1. The van der Waals surface area contributed by atoms with Crippen LogP contribution in [0.5, 0.6) is 5.75 Å². The molecule has 0 bridgehead atoms. The van der Waals surface area contributed by atoms with Crippen molar-refractivity contribution in [2.45, 2.75) is 19.1 Å². The summed E-state index contributed by atoms with van der Waals surface area (Å²) in [6, 6.07) is 12.7. The van der Waals surface area contributed by atoms with Crippen LogP contribution >= 0.6 is 23.2 Å². The third kappa shape index (κ3) is 3.38. The molecule has 1 aromatic heterocycles. The number of halogens is 2. The van der Waals surface area contributed by atoms with Gasteiger partial charge in [-0.2, -0.15) is 10.1 Å². The highest BCUT2D eigenvalue weighted by Crippen LogP contribution is 2.29. The largest absolute Gasteiger partial charge is 0.489 e. The summed E-state index contributed by atoms with van der Waals surface area (Å²) < 4.78 is 7.50. The van der Waals surface area contributed by atoms with E-state index in [0.29, 0.717) is 34.8 Å². The smallest absolute Gasteiger partial charge is 0.229 e. The summed E-state index contributed by atoms with van der Waals surface area (Å²) in [5, 5.41) is 8.06. The van der Waals surface area contributed by atoms with Gasteiger partial charge in [-0.1, -0.05) is 41.4 Å². The number of nitrogens with zero attached hydrogens (tertiary/aromatic N) is 3. The van der Waals surface area contributed by atoms with Crippen LogP contribution < -0.4 is 10.1 Å². The predicted octanol–water partition coefficient (Wildman–Crippen LogP) is 4.10. The minimum absolute atomic E-state index is 0.0757. The Morgan fingerprint density at radius 1 is 1.19 bits per heavy atom. The minimum Gasteiger partial charge on any atom is -0.489 e. The first-order chi connectivity index (χ1) is 12.6. The number of carbonyl (C=O) groups excluding carboxylic acids is 1. The van der Waals surface area contributed by atoms with E-state index in [4.69, 9.17) is 27.9 Å². The van der Waals surface area contributed by atoms with Crippen LogP contribution in [0, 0.1) is 0 Å². The predicted molar refractivity (Wildman–Crippen MR) is 98.6 cm³/mol. The van der Waals surface area contributed by atoms with Gasteiger partial charge >= 0.3 is 0 Å².